The Kier molecular flexibility index (Phi) is 4.18. The Labute approximate surface area is 127 Å². The van der Waals surface area contributed by atoms with E-state index in [-0.39, 0.29) is 0 Å². The van der Waals surface area contributed by atoms with Crippen LogP contribution in [-0.2, 0) is 0 Å². The molecular formula is C18H26N2O. The molecule has 0 radical (unpaired) electrons. The third kappa shape index (κ3) is 3.39. The van der Waals surface area contributed by atoms with Crippen LogP contribution in [0.1, 0.15) is 58.3 Å². The van der Waals surface area contributed by atoms with E-state index in [0.29, 0.717) is 5.92 Å². The number of fused-ring (bicyclic) bond motifs is 1. The predicted octanol–water partition coefficient (Wildman–Crippen LogP) is 5.19. The monoisotopic (exact) mass is 286 g/mol. The van der Waals surface area contributed by atoms with E-state index in [1.165, 1.54) is 25.7 Å². The predicted molar refractivity (Wildman–Crippen MR) is 87.7 cm³/mol. The summed E-state index contributed by atoms with van der Waals surface area (Å²) in [5.41, 5.74) is 3.00. The highest BCUT2D eigenvalue weighted by Gasteiger charge is 2.18. The first-order valence-corrected chi connectivity index (χ1v) is 8.26. The van der Waals surface area contributed by atoms with Crippen molar-refractivity contribution in [3.8, 4) is 0 Å². The van der Waals surface area contributed by atoms with Crippen LogP contribution in [0, 0.1) is 11.8 Å². The molecule has 0 bridgehead atoms. The van der Waals surface area contributed by atoms with Crippen molar-refractivity contribution in [3.63, 3.8) is 0 Å². The number of hydrogen-bond donors (Lipinski definition) is 1. The number of oxazole rings is 1. The van der Waals surface area contributed by atoms with Crippen LogP contribution in [0.15, 0.2) is 22.6 Å². The lowest BCUT2D eigenvalue weighted by Crippen LogP contribution is -2.20. The molecule has 3 rings (SSSR count). The Morgan fingerprint density at radius 3 is 2.71 bits per heavy atom. The standard InChI is InChI=1S/C18H26N2O/c1-12(2)18-20-16-10-15(8-9-17(16)21-18)19-11-14-6-4-13(3)5-7-14/h8-10,12-14,19H,4-7,11H2,1-3H3. The summed E-state index contributed by atoms with van der Waals surface area (Å²) in [6.07, 6.45) is 5.48. The van der Waals surface area contributed by atoms with Crippen LogP contribution in [0.25, 0.3) is 11.1 Å². The van der Waals surface area contributed by atoms with Crippen LogP contribution in [0.3, 0.4) is 0 Å². The Morgan fingerprint density at radius 1 is 1.24 bits per heavy atom. The third-order valence-corrected chi connectivity index (χ3v) is 4.63. The van der Waals surface area contributed by atoms with Gasteiger partial charge in [-0.05, 0) is 42.9 Å². The molecule has 3 nitrogen and oxygen atoms in total. The highest BCUT2D eigenvalue weighted by atomic mass is 16.3. The molecule has 2 aromatic rings. The lowest BCUT2D eigenvalue weighted by molar-refractivity contribution is 0.300. The zero-order valence-corrected chi connectivity index (χ0v) is 13.4. The van der Waals surface area contributed by atoms with Crippen molar-refractivity contribution in [2.75, 3.05) is 11.9 Å². The number of hydrogen-bond acceptors (Lipinski definition) is 3. The molecule has 1 saturated carbocycles. The molecule has 0 amide bonds. The molecule has 0 spiro atoms. The quantitative estimate of drug-likeness (QED) is 0.840. The number of rotatable bonds is 4. The van der Waals surface area contributed by atoms with Gasteiger partial charge in [-0.15, -0.1) is 0 Å². The average molecular weight is 286 g/mol. The molecular weight excluding hydrogens is 260 g/mol. The van der Waals surface area contributed by atoms with Gasteiger partial charge < -0.3 is 9.73 Å². The molecule has 1 fully saturated rings. The van der Waals surface area contributed by atoms with Gasteiger partial charge in [-0.25, -0.2) is 4.98 Å². The molecule has 0 atom stereocenters. The molecule has 1 heterocycles. The molecule has 0 aliphatic heterocycles. The first kappa shape index (κ1) is 14.4. The lowest BCUT2D eigenvalue weighted by atomic mass is 9.83. The number of anilines is 1. The molecule has 21 heavy (non-hydrogen) atoms. The van der Waals surface area contributed by atoms with Gasteiger partial charge in [-0.2, -0.15) is 0 Å². The molecule has 1 aromatic carbocycles. The Bertz CT molecular complexity index is 594. The summed E-state index contributed by atoms with van der Waals surface area (Å²) in [5, 5.41) is 3.58. The lowest BCUT2D eigenvalue weighted by Gasteiger charge is -2.26. The van der Waals surface area contributed by atoms with Gasteiger partial charge in [0.1, 0.15) is 5.52 Å². The highest BCUT2D eigenvalue weighted by molar-refractivity contribution is 5.77. The molecule has 0 saturated heterocycles. The van der Waals surface area contributed by atoms with Crippen LogP contribution in [0.5, 0.6) is 0 Å². The first-order valence-electron chi connectivity index (χ1n) is 8.26. The molecule has 1 aliphatic rings. The first-order chi connectivity index (χ1) is 10.1. The summed E-state index contributed by atoms with van der Waals surface area (Å²) < 4.78 is 5.75. The molecule has 1 aromatic heterocycles. The maximum absolute atomic E-state index is 5.75. The van der Waals surface area contributed by atoms with Crippen molar-refractivity contribution < 1.29 is 4.42 Å². The van der Waals surface area contributed by atoms with Crippen LogP contribution < -0.4 is 5.32 Å². The van der Waals surface area contributed by atoms with E-state index in [1.807, 2.05) is 6.07 Å². The van der Waals surface area contributed by atoms with Crippen molar-refractivity contribution >= 4 is 16.8 Å². The van der Waals surface area contributed by atoms with Gasteiger partial charge in [-0.1, -0.05) is 33.6 Å². The van der Waals surface area contributed by atoms with E-state index in [4.69, 9.17) is 4.42 Å². The van der Waals surface area contributed by atoms with Crippen molar-refractivity contribution in [1.29, 1.82) is 0 Å². The second kappa shape index (κ2) is 6.08. The Morgan fingerprint density at radius 2 is 2.00 bits per heavy atom. The molecule has 1 N–H and O–H groups in total. The van der Waals surface area contributed by atoms with E-state index >= 15 is 0 Å². The van der Waals surface area contributed by atoms with E-state index in [2.05, 4.69) is 43.2 Å². The van der Waals surface area contributed by atoms with Crippen molar-refractivity contribution in [2.45, 2.75) is 52.4 Å². The van der Waals surface area contributed by atoms with Crippen LogP contribution in [0.4, 0.5) is 5.69 Å². The van der Waals surface area contributed by atoms with E-state index in [9.17, 15) is 0 Å². The summed E-state index contributed by atoms with van der Waals surface area (Å²) in [5.74, 6) is 2.89. The summed E-state index contributed by atoms with van der Waals surface area (Å²) in [4.78, 5) is 4.57. The second-order valence-corrected chi connectivity index (χ2v) is 6.90. The smallest absolute Gasteiger partial charge is 0.198 e. The summed E-state index contributed by atoms with van der Waals surface area (Å²) in [6, 6.07) is 6.23. The maximum atomic E-state index is 5.75. The minimum Gasteiger partial charge on any atom is -0.440 e. The van der Waals surface area contributed by atoms with Crippen LogP contribution in [-0.4, -0.2) is 11.5 Å². The fraction of sp³-hybridized carbons (Fsp3) is 0.611. The molecule has 0 unspecified atom stereocenters. The normalized spacial score (nSPS) is 22.9. The number of nitrogens with zero attached hydrogens (tertiary/aromatic N) is 1. The second-order valence-electron chi connectivity index (χ2n) is 6.90. The minimum absolute atomic E-state index is 0.332. The fourth-order valence-electron chi connectivity index (χ4n) is 3.10. The van der Waals surface area contributed by atoms with Gasteiger partial charge >= 0.3 is 0 Å². The van der Waals surface area contributed by atoms with Gasteiger partial charge in [0.15, 0.2) is 11.5 Å². The van der Waals surface area contributed by atoms with Gasteiger partial charge in [0.2, 0.25) is 0 Å². The third-order valence-electron chi connectivity index (χ3n) is 4.63. The SMILES string of the molecule is CC1CCC(CNc2ccc3oc(C(C)C)nc3c2)CC1. The topological polar surface area (TPSA) is 38.1 Å². The summed E-state index contributed by atoms with van der Waals surface area (Å²) >= 11 is 0. The highest BCUT2D eigenvalue weighted by Crippen LogP contribution is 2.29. The van der Waals surface area contributed by atoms with E-state index in [0.717, 1.165) is 41.1 Å². The van der Waals surface area contributed by atoms with Crippen molar-refractivity contribution in [3.05, 3.63) is 24.1 Å². The fourth-order valence-corrected chi connectivity index (χ4v) is 3.10. The summed E-state index contributed by atoms with van der Waals surface area (Å²) in [6.45, 7) is 7.66. The van der Waals surface area contributed by atoms with Crippen molar-refractivity contribution in [1.82, 2.24) is 4.98 Å². The van der Waals surface area contributed by atoms with Gasteiger partial charge in [0.05, 0.1) is 0 Å². The number of benzene rings is 1. The van der Waals surface area contributed by atoms with Gasteiger partial charge in [-0.3, -0.25) is 0 Å². The van der Waals surface area contributed by atoms with Crippen LogP contribution >= 0.6 is 0 Å². The summed E-state index contributed by atoms with van der Waals surface area (Å²) in [7, 11) is 0. The van der Waals surface area contributed by atoms with Gasteiger partial charge in [0.25, 0.3) is 0 Å². The van der Waals surface area contributed by atoms with Gasteiger partial charge in [0, 0.05) is 18.2 Å². The van der Waals surface area contributed by atoms with E-state index < -0.39 is 0 Å². The Hall–Kier alpha value is -1.51. The number of nitrogens with one attached hydrogen (secondary N) is 1. The zero-order valence-electron chi connectivity index (χ0n) is 13.4. The molecule has 3 heteroatoms. The molecule has 114 valence electrons. The minimum atomic E-state index is 0.332. The van der Waals surface area contributed by atoms with Crippen molar-refractivity contribution in [2.24, 2.45) is 11.8 Å². The Balaban J connectivity index is 1.64. The average Bonchev–Trinajstić information content (AvgIpc) is 2.90. The van der Waals surface area contributed by atoms with E-state index in [1.54, 1.807) is 0 Å². The largest absolute Gasteiger partial charge is 0.440 e. The number of aromatic nitrogens is 1. The maximum Gasteiger partial charge on any atom is 0.198 e. The zero-order chi connectivity index (χ0) is 14.8. The van der Waals surface area contributed by atoms with Crippen LogP contribution in [0.2, 0.25) is 0 Å². The molecule has 1 aliphatic carbocycles.